The van der Waals surface area contributed by atoms with E-state index in [1.807, 2.05) is 25.1 Å². The van der Waals surface area contributed by atoms with Crippen molar-refractivity contribution in [3.05, 3.63) is 77.0 Å². The summed E-state index contributed by atoms with van der Waals surface area (Å²) in [6.45, 7) is 1.00. The van der Waals surface area contributed by atoms with Crippen LogP contribution in [0.5, 0.6) is 5.75 Å². The normalized spacial score (nSPS) is 11.0. The molecule has 26 heavy (non-hydrogen) atoms. The summed E-state index contributed by atoms with van der Waals surface area (Å²) in [4.78, 5) is 16.6. The van der Waals surface area contributed by atoms with Crippen LogP contribution in [-0.2, 0) is 0 Å². The molecule has 0 aliphatic heterocycles. The molecule has 0 aliphatic rings. The molecule has 0 aliphatic carbocycles. The summed E-state index contributed by atoms with van der Waals surface area (Å²) in [5.41, 5.74) is 4.72. The lowest BCUT2D eigenvalue weighted by atomic mass is 10.0. The SMILES string of the molecule is Cc1cc(=O)n(-c2ccc(OCF)cc2)cc1-c1ccc2ocnc2c1. The monoisotopic (exact) mass is 350 g/mol. The van der Waals surface area contributed by atoms with Crippen LogP contribution in [0, 0.1) is 6.92 Å². The topological polar surface area (TPSA) is 57.3 Å². The van der Waals surface area contributed by atoms with Gasteiger partial charge in [0.25, 0.3) is 5.56 Å². The van der Waals surface area contributed by atoms with E-state index in [9.17, 15) is 9.18 Å². The van der Waals surface area contributed by atoms with Crippen LogP contribution in [-0.4, -0.2) is 16.4 Å². The summed E-state index contributed by atoms with van der Waals surface area (Å²) in [7, 11) is 0. The predicted molar refractivity (Wildman–Crippen MR) is 96.4 cm³/mol. The van der Waals surface area contributed by atoms with Gasteiger partial charge in [-0.25, -0.2) is 9.37 Å². The first-order valence-electron chi connectivity index (χ1n) is 8.02. The first-order valence-corrected chi connectivity index (χ1v) is 8.02. The van der Waals surface area contributed by atoms with E-state index in [0.29, 0.717) is 17.0 Å². The number of benzene rings is 2. The van der Waals surface area contributed by atoms with Crippen molar-refractivity contribution in [1.29, 1.82) is 0 Å². The van der Waals surface area contributed by atoms with Crippen molar-refractivity contribution in [3.63, 3.8) is 0 Å². The molecule has 0 saturated heterocycles. The third-order valence-electron chi connectivity index (χ3n) is 4.24. The summed E-state index contributed by atoms with van der Waals surface area (Å²) >= 11 is 0. The Morgan fingerprint density at radius 1 is 1.15 bits per heavy atom. The number of aryl methyl sites for hydroxylation is 1. The van der Waals surface area contributed by atoms with Gasteiger partial charge in [-0.15, -0.1) is 0 Å². The van der Waals surface area contributed by atoms with E-state index < -0.39 is 6.86 Å². The highest BCUT2D eigenvalue weighted by molar-refractivity contribution is 5.80. The number of fused-ring (bicyclic) bond motifs is 1. The average Bonchev–Trinajstić information content (AvgIpc) is 3.11. The van der Waals surface area contributed by atoms with Gasteiger partial charge in [-0.3, -0.25) is 9.36 Å². The third-order valence-corrected chi connectivity index (χ3v) is 4.24. The van der Waals surface area contributed by atoms with Crippen molar-refractivity contribution in [2.75, 3.05) is 6.86 Å². The molecular weight excluding hydrogens is 335 g/mol. The number of aromatic nitrogens is 2. The molecule has 2 heterocycles. The fourth-order valence-electron chi connectivity index (χ4n) is 2.92. The maximum Gasteiger partial charge on any atom is 0.255 e. The molecule has 130 valence electrons. The first kappa shape index (κ1) is 16.1. The third kappa shape index (κ3) is 2.86. The van der Waals surface area contributed by atoms with Gasteiger partial charge in [0.1, 0.15) is 11.3 Å². The highest BCUT2D eigenvalue weighted by Crippen LogP contribution is 2.26. The minimum atomic E-state index is -0.890. The number of hydrogen-bond acceptors (Lipinski definition) is 4. The molecule has 0 bridgehead atoms. The van der Waals surface area contributed by atoms with E-state index in [1.165, 1.54) is 6.39 Å². The van der Waals surface area contributed by atoms with E-state index >= 15 is 0 Å². The molecule has 0 saturated carbocycles. The van der Waals surface area contributed by atoms with Gasteiger partial charge in [0, 0.05) is 23.5 Å². The van der Waals surface area contributed by atoms with Crippen LogP contribution in [0.2, 0.25) is 0 Å². The van der Waals surface area contributed by atoms with Gasteiger partial charge >= 0.3 is 0 Å². The number of pyridine rings is 1. The van der Waals surface area contributed by atoms with Gasteiger partial charge in [-0.05, 0) is 54.4 Å². The Morgan fingerprint density at radius 3 is 2.73 bits per heavy atom. The second-order valence-corrected chi connectivity index (χ2v) is 5.86. The van der Waals surface area contributed by atoms with Crippen molar-refractivity contribution in [2.45, 2.75) is 6.92 Å². The molecule has 0 radical (unpaired) electrons. The molecule has 0 unspecified atom stereocenters. The molecule has 0 N–H and O–H groups in total. The minimum absolute atomic E-state index is 0.145. The maximum atomic E-state index is 12.5. The van der Waals surface area contributed by atoms with Gasteiger partial charge in [0.15, 0.2) is 12.0 Å². The van der Waals surface area contributed by atoms with Crippen LogP contribution in [0.3, 0.4) is 0 Å². The maximum absolute atomic E-state index is 12.5. The standard InChI is InChI=1S/C20H15FN2O3/c1-13-8-20(24)23(15-3-5-16(6-4-15)25-11-21)10-17(13)14-2-7-19-18(9-14)22-12-26-19/h2-10,12H,11H2,1H3. The molecule has 2 aromatic carbocycles. The molecule has 0 atom stereocenters. The molecular formula is C20H15FN2O3. The van der Waals surface area contributed by atoms with Gasteiger partial charge in [-0.2, -0.15) is 0 Å². The smallest absolute Gasteiger partial charge is 0.255 e. The highest BCUT2D eigenvalue weighted by atomic mass is 19.1. The molecule has 4 rings (SSSR count). The number of alkyl halides is 1. The molecule has 0 fully saturated rings. The van der Waals surface area contributed by atoms with Crippen LogP contribution in [0.15, 0.2) is 70.3 Å². The van der Waals surface area contributed by atoms with Gasteiger partial charge in [0.05, 0.1) is 0 Å². The number of nitrogens with zero attached hydrogens (tertiary/aromatic N) is 2. The Balaban J connectivity index is 1.81. The van der Waals surface area contributed by atoms with Crippen LogP contribution in [0.25, 0.3) is 27.9 Å². The molecule has 2 aromatic heterocycles. The Labute approximate surface area is 148 Å². The number of halogens is 1. The summed E-state index contributed by atoms with van der Waals surface area (Å²) in [5, 5.41) is 0. The summed E-state index contributed by atoms with van der Waals surface area (Å²) in [6.07, 6.45) is 3.20. The van der Waals surface area contributed by atoms with Crippen molar-refractivity contribution in [1.82, 2.24) is 9.55 Å². The van der Waals surface area contributed by atoms with E-state index in [0.717, 1.165) is 22.2 Å². The van der Waals surface area contributed by atoms with Crippen LogP contribution >= 0.6 is 0 Å². The van der Waals surface area contributed by atoms with Crippen molar-refractivity contribution >= 4 is 11.1 Å². The Bertz CT molecular complexity index is 1130. The number of oxazole rings is 1. The largest absolute Gasteiger partial charge is 0.463 e. The predicted octanol–water partition coefficient (Wildman–Crippen LogP) is 4.26. The van der Waals surface area contributed by atoms with Crippen molar-refractivity contribution in [3.8, 4) is 22.6 Å². The van der Waals surface area contributed by atoms with Gasteiger partial charge in [0.2, 0.25) is 6.86 Å². The second-order valence-electron chi connectivity index (χ2n) is 5.86. The summed E-state index contributed by atoms with van der Waals surface area (Å²) < 4.78 is 23.9. The Morgan fingerprint density at radius 2 is 1.96 bits per heavy atom. The van der Waals surface area contributed by atoms with Crippen molar-refractivity contribution in [2.24, 2.45) is 0 Å². The van der Waals surface area contributed by atoms with Crippen molar-refractivity contribution < 1.29 is 13.5 Å². The Hall–Kier alpha value is -3.41. The van der Waals surface area contributed by atoms with Crippen LogP contribution in [0.1, 0.15) is 5.56 Å². The zero-order valence-electron chi connectivity index (χ0n) is 14.0. The van der Waals surface area contributed by atoms with Crippen LogP contribution in [0.4, 0.5) is 4.39 Å². The fraction of sp³-hybridized carbons (Fsp3) is 0.100. The summed E-state index contributed by atoms with van der Waals surface area (Å²) in [5.74, 6) is 0.410. The second kappa shape index (κ2) is 6.48. The van der Waals surface area contributed by atoms with E-state index in [4.69, 9.17) is 9.15 Å². The van der Waals surface area contributed by atoms with E-state index in [-0.39, 0.29) is 5.56 Å². The fourth-order valence-corrected chi connectivity index (χ4v) is 2.92. The zero-order valence-corrected chi connectivity index (χ0v) is 14.0. The minimum Gasteiger partial charge on any atom is -0.463 e. The number of rotatable bonds is 4. The lowest BCUT2D eigenvalue weighted by Crippen LogP contribution is -2.17. The number of ether oxygens (including phenoxy) is 1. The molecule has 6 heteroatoms. The van der Waals surface area contributed by atoms with Gasteiger partial charge < -0.3 is 9.15 Å². The lowest BCUT2D eigenvalue weighted by Gasteiger charge is -2.12. The van der Waals surface area contributed by atoms with Crippen LogP contribution < -0.4 is 10.3 Å². The van der Waals surface area contributed by atoms with E-state index in [1.54, 1.807) is 41.1 Å². The lowest BCUT2D eigenvalue weighted by molar-refractivity contribution is 0.192. The van der Waals surface area contributed by atoms with Gasteiger partial charge in [-0.1, -0.05) is 6.07 Å². The molecule has 4 aromatic rings. The first-order chi connectivity index (χ1) is 12.7. The highest BCUT2D eigenvalue weighted by Gasteiger charge is 2.10. The molecule has 0 amide bonds. The number of hydrogen-bond donors (Lipinski definition) is 0. The quantitative estimate of drug-likeness (QED) is 0.552. The van der Waals surface area contributed by atoms with E-state index in [2.05, 4.69) is 4.98 Å². The molecule has 5 nitrogen and oxygen atoms in total. The molecule has 0 spiro atoms. The zero-order chi connectivity index (χ0) is 18.1. The Kier molecular flexibility index (Phi) is 4.01. The summed E-state index contributed by atoms with van der Waals surface area (Å²) in [6, 6.07) is 14.0. The average molecular weight is 350 g/mol.